The molecule has 0 amide bonds. The van der Waals surface area contributed by atoms with Crippen LogP contribution in [0, 0.1) is 11.6 Å². The van der Waals surface area contributed by atoms with Gasteiger partial charge in [0, 0.05) is 0 Å². The average molecular weight is 252 g/mol. The molecule has 0 aliphatic carbocycles. The fourth-order valence-corrected chi connectivity index (χ4v) is 2.56. The summed E-state index contributed by atoms with van der Waals surface area (Å²) in [7, 11) is 0. The molecule has 0 bridgehead atoms. The molecular formula is C13H10F2OS. The normalized spacial score (nSPS) is 10.5. The molecule has 1 heterocycles. The standard InChI is InChI=1S/C13H10F2OS/c1-2-8-6-7-17-13(8)12(16)9-4-3-5-10(14)11(9)15/h3-7H,2H2,1H3. The van der Waals surface area contributed by atoms with Gasteiger partial charge in [0.25, 0.3) is 0 Å². The number of benzene rings is 1. The van der Waals surface area contributed by atoms with E-state index in [4.69, 9.17) is 0 Å². The molecule has 0 saturated carbocycles. The zero-order chi connectivity index (χ0) is 12.4. The topological polar surface area (TPSA) is 17.1 Å². The first-order valence-electron chi connectivity index (χ1n) is 5.20. The molecule has 0 unspecified atom stereocenters. The van der Waals surface area contributed by atoms with Crippen LogP contribution in [0.25, 0.3) is 0 Å². The Morgan fingerprint density at radius 1 is 1.29 bits per heavy atom. The van der Waals surface area contributed by atoms with Gasteiger partial charge >= 0.3 is 0 Å². The quantitative estimate of drug-likeness (QED) is 0.759. The fourth-order valence-electron chi connectivity index (χ4n) is 1.61. The highest BCUT2D eigenvalue weighted by atomic mass is 32.1. The molecule has 0 aliphatic heterocycles. The number of halogens is 2. The number of carbonyl (C=O) groups excluding carboxylic acids is 1. The van der Waals surface area contributed by atoms with E-state index < -0.39 is 17.4 Å². The number of thiophene rings is 1. The summed E-state index contributed by atoms with van der Waals surface area (Å²) in [6.07, 6.45) is 0.696. The molecule has 1 nitrogen and oxygen atoms in total. The number of hydrogen-bond acceptors (Lipinski definition) is 2. The van der Waals surface area contributed by atoms with Crippen LogP contribution in [0.1, 0.15) is 27.7 Å². The number of hydrogen-bond donors (Lipinski definition) is 0. The second-order valence-corrected chi connectivity index (χ2v) is 4.48. The van der Waals surface area contributed by atoms with Gasteiger partial charge in [0.1, 0.15) is 0 Å². The van der Waals surface area contributed by atoms with E-state index in [2.05, 4.69) is 0 Å². The van der Waals surface area contributed by atoms with E-state index in [0.29, 0.717) is 11.3 Å². The minimum atomic E-state index is -1.08. The van der Waals surface area contributed by atoms with Crippen molar-refractivity contribution in [1.82, 2.24) is 0 Å². The van der Waals surface area contributed by atoms with E-state index in [1.165, 1.54) is 23.5 Å². The summed E-state index contributed by atoms with van der Waals surface area (Å²) in [4.78, 5) is 12.5. The van der Waals surface area contributed by atoms with Gasteiger partial charge < -0.3 is 0 Å². The molecule has 2 aromatic rings. The summed E-state index contributed by atoms with van der Waals surface area (Å²) in [5, 5.41) is 1.78. The maximum Gasteiger partial charge on any atom is 0.206 e. The summed E-state index contributed by atoms with van der Waals surface area (Å²) in [5.74, 6) is -2.52. The lowest BCUT2D eigenvalue weighted by Gasteiger charge is -2.03. The van der Waals surface area contributed by atoms with Crippen LogP contribution in [-0.4, -0.2) is 5.78 Å². The minimum Gasteiger partial charge on any atom is -0.288 e. The first-order valence-corrected chi connectivity index (χ1v) is 6.08. The average Bonchev–Trinajstić information content (AvgIpc) is 2.80. The van der Waals surface area contributed by atoms with Crippen LogP contribution in [0.5, 0.6) is 0 Å². The Balaban J connectivity index is 2.48. The van der Waals surface area contributed by atoms with Crippen LogP contribution >= 0.6 is 11.3 Å². The third-order valence-corrected chi connectivity index (χ3v) is 3.49. The molecule has 2 rings (SSSR count). The van der Waals surface area contributed by atoms with Gasteiger partial charge in [0.2, 0.25) is 5.78 Å². The van der Waals surface area contributed by atoms with Crippen LogP contribution in [0.2, 0.25) is 0 Å². The highest BCUT2D eigenvalue weighted by molar-refractivity contribution is 7.12. The molecule has 1 aromatic heterocycles. The first-order chi connectivity index (χ1) is 8.15. The van der Waals surface area contributed by atoms with Gasteiger partial charge in [-0.3, -0.25) is 4.79 Å². The Hall–Kier alpha value is -1.55. The summed E-state index contributed by atoms with van der Waals surface area (Å²) >= 11 is 1.25. The van der Waals surface area contributed by atoms with Crippen molar-refractivity contribution in [1.29, 1.82) is 0 Å². The fraction of sp³-hybridized carbons (Fsp3) is 0.154. The van der Waals surface area contributed by atoms with Gasteiger partial charge in [0.05, 0.1) is 10.4 Å². The van der Waals surface area contributed by atoms with E-state index >= 15 is 0 Å². The first kappa shape index (κ1) is 11.9. The Kier molecular flexibility index (Phi) is 3.33. The number of aryl methyl sites for hydroxylation is 1. The van der Waals surface area contributed by atoms with E-state index in [9.17, 15) is 13.6 Å². The smallest absolute Gasteiger partial charge is 0.206 e. The van der Waals surface area contributed by atoms with Crippen molar-refractivity contribution in [2.75, 3.05) is 0 Å². The molecule has 4 heteroatoms. The van der Waals surface area contributed by atoms with Crippen molar-refractivity contribution in [2.24, 2.45) is 0 Å². The molecule has 1 aromatic carbocycles. The molecule has 0 radical (unpaired) electrons. The van der Waals surface area contributed by atoms with Gasteiger partial charge in [0.15, 0.2) is 11.6 Å². The van der Waals surface area contributed by atoms with Crippen LogP contribution in [0.3, 0.4) is 0 Å². The predicted molar refractivity (Wildman–Crippen MR) is 63.5 cm³/mol. The van der Waals surface area contributed by atoms with Gasteiger partial charge in [-0.15, -0.1) is 11.3 Å². The number of rotatable bonds is 3. The lowest BCUT2D eigenvalue weighted by Crippen LogP contribution is -2.06. The van der Waals surface area contributed by atoms with E-state index in [1.54, 1.807) is 5.38 Å². The Bertz CT molecular complexity index is 560. The van der Waals surface area contributed by atoms with Gasteiger partial charge in [-0.25, -0.2) is 8.78 Å². The maximum atomic E-state index is 13.5. The van der Waals surface area contributed by atoms with Crippen molar-refractivity contribution in [3.8, 4) is 0 Å². The van der Waals surface area contributed by atoms with Crippen molar-refractivity contribution in [2.45, 2.75) is 13.3 Å². The lowest BCUT2D eigenvalue weighted by atomic mass is 10.1. The van der Waals surface area contributed by atoms with Crippen molar-refractivity contribution < 1.29 is 13.6 Å². The van der Waals surface area contributed by atoms with Gasteiger partial charge in [-0.2, -0.15) is 0 Å². The summed E-state index contributed by atoms with van der Waals surface area (Å²) in [6, 6.07) is 5.47. The molecule has 0 fully saturated rings. The van der Waals surface area contributed by atoms with Crippen molar-refractivity contribution in [3.05, 3.63) is 57.3 Å². The van der Waals surface area contributed by atoms with E-state index in [-0.39, 0.29) is 5.56 Å². The Morgan fingerprint density at radius 2 is 2.06 bits per heavy atom. The molecule has 0 aliphatic rings. The SMILES string of the molecule is CCc1ccsc1C(=O)c1cccc(F)c1F. The second kappa shape index (κ2) is 4.75. The van der Waals surface area contributed by atoms with Crippen molar-refractivity contribution in [3.63, 3.8) is 0 Å². The summed E-state index contributed by atoms with van der Waals surface area (Å²) in [6.45, 7) is 1.92. The highest BCUT2D eigenvalue weighted by Gasteiger charge is 2.19. The Morgan fingerprint density at radius 3 is 2.76 bits per heavy atom. The van der Waals surface area contributed by atoms with Crippen LogP contribution in [-0.2, 0) is 6.42 Å². The zero-order valence-electron chi connectivity index (χ0n) is 9.17. The van der Waals surface area contributed by atoms with Crippen LogP contribution in [0.15, 0.2) is 29.6 Å². The third kappa shape index (κ3) is 2.13. The highest BCUT2D eigenvalue weighted by Crippen LogP contribution is 2.23. The Labute approximate surface area is 102 Å². The zero-order valence-corrected chi connectivity index (χ0v) is 9.98. The molecule has 0 spiro atoms. The summed E-state index contributed by atoms with van der Waals surface area (Å²) in [5.41, 5.74) is 0.658. The third-order valence-electron chi connectivity index (χ3n) is 2.53. The molecular weight excluding hydrogens is 242 g/mol. The molecule has 17 heavy (non-hydrogen) atoms. The maximum absolute atomic E-state index is 13.5. The van der Waals surface area contributed by atoms with Crippen LogP contribution in [0.4, 0.5) is 8.78 Å². The lowest BCUT2D eigenvalue weighted by molar-refractivity contribution is 0.103. The van der Waals surface area contributed by atoms with E-state index in [0.717, 1.165) is 11.6 Å². The van der Waals surface area contributed by atoms with Crippen molar-refractivity contribution >= 4 is 17.1 Å². The molecule has 0 atom stereocenters. The number of ketones is 1. The number of carbonyl (C=O) groups is 1. The monoisotopic (exact) mass is 252 g/mol. The van der Waals surface area contributed by atoms with Crippen LogP contribution < -0.4 is 0 Å². The minimum absolute atomic E-state index is 0.206. The molecule has 0 saturated heterocycles. The molecule has 0 N–H and O–H groups in total. The molecule has 88 valence electrons. The van der Waals surface area contributed by atoms with E-state index in [1.807, 2.05) is 13.0 Å². The summed E-state index contributed by atoms with van der Waals surface area (Å²) < 4.78 is 26.5. The van der Waals surface area contributed by atoms with Gasteiger partial charge in [-0.05, 0) is 35.6 Å². The van der Waals surface area contributed by atoms with Gasteiger partial charge in [-0.1, -0.05) is 13.0 Å². The largest absolute Gasteiger partial charge is 0.288 e. The predicted octanol–water partition coefficient (Wildman–Crippen LogP) is 3.82. The second-order valence-electron chi connectivity index (χ2n) is 3.56.